The fourth-order valence-electron chi connectivity index (χ4n) is 1.97. The number of nitrogen functional groups attached to an aromatic ring is 2. The van der Waals surface area contributed by atoms with E-state index in [1.165, 1.54) is 30.5 Å². The van der Waals surface area contributed by atoms with Gasteiger partial charge in [0, 0.05) is 5.02 Å². The van der Waals surface area contributed by atoms with Crippen LogP contribution >= 0.6 is 11.6 Å². The molecule has 0 saturated heterocycles. The summed E-state index contributed by atoms with van der Waals surface area (Å²) in [6.45, 7) is 0. The number of rotatable bonds is 3. The molecule has 0 radical (unpaired) electrons. The smallest absolute Gasteiger partial charge is 0.224 e. The zero-order valence-corrected chi connectivity index (χ0v) is 13.2. The molecule has 3 rings (SSSR count). The topological polar surface area (TPSA) is 138 Å². The van der Waals surface area contributed by atoms with Gasteiger partial charge in [0.1, 0.15) is 0 Å². The van der Waals surface area contributed by atoms with Crippen LogP contribution in [0.15, 0.2) is 35.4 Å². The van der Waals surface area contributed by atoms with Gasteiger partial charge in [0.05, 0.1) is 22.5 Å². The normalized spacial score (nSPS) is 11.7. The first-order valence-electron chi connectivity index (χ1n) is 6.38. The Morgan fingerprint density at radius 1 is 1.04 bits per heavy atom. The van der Waals surface area contributed by atoms with Gasteiger partial charge in [-0.15, -0.1) is 0 Å². The lowest BCUT2D eigenvalue weighted by molar-refractivity contribution is 0.594. The predicted octanol–water partition coefficient (Wildman–Crippen LogP) is 1.21. The van der Waals surface area contributed by atoms with Crippen LogP contribution in [0.25, 0.3) is 11.2 Å². The monoisotopic (exact) mass is 350 g/mol. The molecule has 2 aromatic heterocycles. The summed E-state index contributed by atoms with van der Waals surface area (Å²) in [5.41, 5.74) is 11.8. The van der Waals surface area contributed by atoms with Crippen molar-refractivity contribution in [3.8, 4) is 0 Å². The number of nitrogens with two attached hydrogens (primary N) is 2. The standard InChI is InChI=1S/C13H11ClN6O2S/c14-7-1-3-9(4-2-7)23(21,22)6-8-5-17-12-10(18-8)11(15)19-13(16)20-12/h1-5H,6H2,(H4,15,16,17,19,20). The molecular weight excluding hydrogens is 340 g/mol. The average Bonchev–Trinajstić information content (AvgIpc) is 2.48. The Balaban J connectivity index is 1.99. The minimum Gasteiger partial charge on any atom is -0.382 e. The van der Waals surface area contributed by atoms with Crippen LogP contribution < -0.4 is 11.5 Å². The third-order valence-corrected chi connectivity index (χ3v) is 4.93. The van der Waals surface area contributed by atoms with Crippen LogP contribution in [0.4, 0.5) is 11.8 Å². The van der Waals surface area contributed by atoms with Crippen molar-refractivity contribution in [2.45, 2.75) is 10.6 Å². The summed E-state index contributed by atoms with van der Waals surface area (Å²) in [6.07, 6.45) is 1.32. The fourth-order valence-corrected chi connectivity index (χ4v) is 3.34. The van der Waals surface area contributed by atoms with E-state index in [1.807, 2.05) is 0 Å². The zero-order valence-electron chi connectivity index (χ0n) is 11.6. The molecule has 3 aromatic rings. The summed E-state index contributed by atoms with van der Waals surface area (Å²) in [4.78, 5) is 16.0. The second-order valence-corrected chi connectivity index (χ2v) is 7.14. The summed E-state index contributed by atoms with van der Waals surface area (Å²) in [7, 11) is -3.59. The van der Waals surface area contributed by atoms with Crippen molar-refractivity contribution in [2.75, 3.05) is 11.5 Å². The lowest BCUT2D eigenvalue weighted by Crippen LogP contribution is -2.09. The van der Waals surface area contributed by atoms with Gasteiger partial charge in [-0.25, -0.2) is 18.4 Å². The average molecular weight is 351 g/mol. The maximum Gasteiger partial charge on any atom is 0.224 e. The fraction of sp³-hybridized carbons (Fsp3) is 0.0769. The second-order valence-electron chi connectivity index (χ2n) is 4.71. The summed E-state index contributed by atoms with van der Waals surface area (Å²) >= 11 is 5.76. The zero-order chi connectivity index (χ0) is 16.6. The lowest BCUT2D eigenvalue weighted by atomic mass is 10.4. The molecule has 4 N–H and O–H groups in total. The van der Waals surface area contributed by atoms with Crippen LogP contribution in [0, 0.1) is 0 Å². The molecule has 10 heteroatoms. The number of aromatic nitrogens is 4. The van der Waals surface area contributed by atoms with E-state index in [-0.39, 0.29) is 39.3 Å². The minimum atomic E-state index is -3.59. The molecule has 0 fully saturated rings. The first-order valence-corrected chi connectivity index (χ1v) is 8.41. The molecule has 0 aliphatic heterocycles. The highest BCUT2D eigenvalue weighted by atomic mass is 35.5. The van der Waals surface area contributed by atoms with Crippen LogP contribution in [0.1, 0.15) is 5.69 Å². The quantitative estimate of drug-likeness (QED) is 0.718. The predicted molar refractivity (Wildman–Crippen MR) is 86.3 cm³/mol. The van der Waals surface area contributed by atoms with E-state index >= 15 is 0 Å². The SMILES string of the molecule is Nc1nc(N)c2nc(CS(=O)(=O)c3ccc(Cl)cc3)cnc2n1. The number of anilines is 2. The molecule has 0 unspecified atom stereocenters. The van der Waals surface area contributed by atoms with Gasteiger partial charge < -0.3 is 11.5 Å². The number of benzene rings is 1. The van der Waals surface area contributed by atoms with E-state index in [4.69, 9.17) is 23.1 Å². The highest BCUT2D eigenvalue weighted by molar-refractivity contribution is 7.90. The molecule has 0 aliphatic rings. The van der Waals surface area contributed by atoms with Gasteiger partial charge in [-0.3, -0.25) is 0 Å². The highest BCUT2D eigenvalue weighted by Crippen LogP contribution is 2.20. The summed E-state index contributed by atoms with van der Waals surface area (Å²) in [5.74, 6) is -0.307. The van der Waals surface area contributed by atoms with Gasteiger partial charge in [-0.1, -0.05) is 11.6 Å². The van der Waals surface area contributed by atoms with E-state index in [0.717, 1.165) is 0 Å². The molecule has 0 atom stereocenters. The Bertz CT molecular complexity index is 991. The Morgan fingerprint density at radius 2 is 1.74 bits per heavy atom. The van der Waals surface area contributed by atoms with Crippen molar-refractivity contribution < 1.29 is 8.42 Å². The van der Waals surface area contributed by atoms with Crippen LogP contribution in [0.2, 0.25) is 5.02 Å². The van der Waals surface area contributed by atoms with E-state index in [9.17, 15) is 8.42 Å². The lowest BCUT2D eigenvalue weighted by Gasteiger charge is -2.06. The van der Waals surface area contributed by atoms with Gasteiger partial charge in [-0.2, -0.15) is 9.97 Å². The first-order chi connectivity index (χ1) is 10.8. The van der Waals surface area contributed by atoms with Crippen molar-refractivity contribution in [3.05, 3.63) is 41.2 Å². The van der Waals surface area contributed by atoms with Crippen LogP contribution in [-0.2, 0) is 15.6 Å². The number of fused-ring (bicyclic) bond motifs is 1. The molecule has 0 bridgehead atoms. The third kappa shape index (κ3) is 3.15. The number of sulfone groups is 1. The largest absolute Gasteiger partial charge is 0.382 e. The number of halogens is 1. The number of hydrogen-bond donors (Lipinski definition) is 2. The van der Waals surface area contributed by atoms with Gasteiger partial charge in [-0.05, 0) is 24.3 Å². The molecule has 0 saturated carbocycles. The van der Waals surface area contributed by atoms with Gasteiger partial charge in [0.15, 0.2) is 26.8 Å². The molecule has 8 nitrogen and oxygen atoms in total. The molecule has 23 heavy (non-hydrogen) atoms. The van der Waals surface area contributed by atoms with Crippen molar-refractivity contribution in [1.29, 1.82) is 0 Å². The maximum absolute atomic E-state index is 12.4. The number of nitrogens with zero attached hydrogens (tertiary/aromatic N) is 4. The first kappa shape index (κ1) is 15.4. The van der Waals surface area contributed by atoms with E-state index < -0.39 is 9.84 Å². The van der Waals surface area contributed by atoms with Crippen molar-refractivity contribution >= 4 is 44.4 Å². The van der Waals surface area contributed by atoms with Gasteiger partial charge >= 0.3 is 0 Å². The van der Waals surface area contributed by atoms with Gasteiger partial charge in [0.25, 0.3) is 0 Å². The van der Waals surface area contributed by atoms with Crippen molar-refractivity contribution in [2.24, 2.45) is 0 Å². The second kappa shape index (κ2) is 5.60. The Morgan fingerprint density at radius 3 is 2.43 bits per heavy atom. The Labute approximate surface area is 136 Å². The molecular formula is C13H11ClN6O2S. The molecule has 2 heterocycles. The minimum absolute atomic E-state index is 0.0224. The summed E-state index contributed by atoms with van der Waals surface area (Å²) in [5, 5.41) is 0.456. The van der Waals surface area contributed by atoms with Crippen LogP contribution in [-0.4, -0.2) is 28.4 Å². The third-order valence-electron chi connectivity index (χ3n) is 3.01. The number of hydrogen-bond acceptors (Lipinski definition) is 8. The van der Waals surface area contributed by atoms with Crippen LogP contribution in [0.5, 0.6) is 0 Å². The van der Waals surface area contributed by atoms with Crippen molar-refractivity contribution in [1.82, 2.24) is 19.9 Å². The van der Waals surface area contributed by atoms with E-state index in [1.54, 1.807) is 0 Å². The van der Waals surface area contributed by atoms with Crippen LogP contribution in [0.3, 0.4) is 0 Å². The summed E-state index contributed by atoms with van der Waals surface area (Å²) in [6, 6.07) is 5.89. The van der Waals surface area contributed by atoms with E-state index in [2.05, 4.69) is 19.9 Å². The van der Waals surface area contributed by atoms with Gasteiger partial charge in [0.2, 0.25) is 5.95 Å². The van der Waals surface area contributed by atoms with Crippen molar-refractivity contribution in [3.63, 3.8) is 0 Å². The molecule has 118 valence electrons. The highest BCUT2D eigenvalue weighted by Gasteiger charge is 2.17. The maximum atomic E-state index is 12.4. The molecule has 0 spiro atoms. The molecule has 1 aromatic carbocycles. The summed E-state index contributed by atoms with van der Waals surface area (Å²) < 4.78 is 24.8. The Hall–Kier alpha value is -2.52. The molecule has 0 amide bonds. The molecule has 0 aliphatic carbocycles. The Kier molecular flexibility index (Phi) is 3.74. The van der Waals surface area contributed by atoms with E-state index in [0.29, 0.717) is 5.02 Å².